The van der Waals surface area contributed by atoms with Gasteiger partial charge in [-0.15, -0.1) is 0 Å². The third-order valence-electron chi connectivity index (χ3n) is 3.36. The molecule has 6 heteroatoms. The second-order valence-electron chi connectivity index (χ2n) is 4.84. The van der Waals surface area contributed by atoms with Gasteiger partial charge in [0.25, 0.3) is 5.89 Å². The van der Waals surface area contributed by atoms with Gasteiger partial charge in [0.15, 0.2) is 0 Å². The number of rotatable bonds is 2. The molecule has 1 fully saturated rings. The highest BCUT2D eigenvalue weighted by Crippen LogP contribution is 2.34. The zero-order valence-electron chi connectivity index (χ0n) is 10.5. The number of ether oxygens (including phenoxy) is 1. The summed E-state index contributed by atoms with van der Waals surface area (Å²) in [5.74, 6) is 0.371. The lowest BCUT2D eigenvalue weighted by Gasteiger charge is -2.17. The van der Waals surface area contributed by atoms with Gasteiger partial charge in [0, 0.05) is 12.2 Å². The molecule has 0 radical (unpaired) electrons. The number of anilines is 1. The Hall–Kier alpha value is -1.95. The summed E-state index contributed by atoms with van der Waals surface area (Å²) in [6.07, 6.45) is 1.83. The Morgan fingerprint density at radius 2 is 2.26 bits per heavy atom. The van der Waals surface area contributed by atoms with Gasteiger partial charge in [-0.1, -0.05) is 5.16 Å². The maximum absolute atomic E-state index is 13.1. The highest BCUT2D eigenvalue weighted by atomic mass is 19.1. The van der Waals surface area contributed by atoms with E-state index >= 15 is 0 Å². The molecule has 0 saturated carbocycles. The first-order valence-corrected chi connectivity index (χ1v) is 6.12. The van der Waals surface area contributed by atoms with Crippen LogP contribution in [0.15, 0.2) is 22.7 Å². The Labute approximate surface area is 109 Å². The zero-order valence-corrected chi connectivity index (χ0v) is 10.5. The molecule has 0 aliphatic carbocycles. The molecule has 0 bridgehead atoms. The molecule has 1 aliphatic heterocycles. The SMILES string of the molecule is CC1(c2noc(-c3ccc(F)c(N)c3)n2)CCCO1. The van der Waals surface area contributed by atoms with Gasteiger partial charge in [-0.3, -0.25) is 0 Å². The van der Waals surface area contributed by atoms with Gasteiger partial charge in [-0.25, -0.2) is 4.39 Å². The molecule has 2 heterocycles. The van der Waals surface area contributed by atoms with Gasteiger partial charge in [0.05, 0.1) is 5.69 Å². The van der Waals surface area contributed by atoms with Crippen LogP contribution in [0.5, 0.6) is 0 Å². The lowest BCUT2D eigenvalue weighted by atomic mass is 10.0. The molecule has 2 N–H and O–H groups in total. The predicted octanol–water partition coefficient (Wildman–Crippen LogP) is 2.48. The highest BCUT2D eigenvalue weighted by Gasteiger charge is 2.36. The number of aromatic nitrogens is 2. The van der Waals surface area contributed by atoms with E-state index in [1.807, 2.05) is 6.92 Å². The maximum atomic E-state index is 13.1. The maximum Gasteiger partial charge on any atom is 0.258 e. The number of nitrogens with two attached hydrogens (primary N) is 1. The molecule has 2 aromatic rings. The Balaban J connectivity index is 1.94. The van der Waals surface area contributed by atoms with E-state index in [1.54, 1.807) is 6.07 Å². The van der Waals surface area contributed by atoms with Crippen molar-refractivity contribution in [3.05, 3.63) is 29.8 Å². The molecule has 1 unspecified atom stereocenters. The number of benzene rings is 1. The smallest absolute Gasteiger partial charge is 0.258 e. The van der Waals surface area contributed by atoms with E-state index in [-0.39, 0.29) is 5.69 Å². The van der Waals surface area contributed by atoms with Crippen LogP contribution in [-0.2, 0) is 10.3 Å². The molecule has 0 spiro atoms. The highest BCUT2D eigenvalue weighted by molar-refractivity contribution is 5.60. The van der Waals surface area contributed by atoms with Crippen molar-refractivity contribution in [2.75, 3.05) is 12.3 Å². The molecule has 1 saturated heterocycles. The normalized spacial score (nSPS) is 22.8. The van der Waals surface area contributed by atoms with E-state index in [2.05, 4.69) is 10.1 Å². The first-order valence-electron chi connectivity index (χ1n) is 6.12. The standard InChI is InChI=1S/C13H14FN3O2/c1-13(5-2-6-18-13)12-16-11(19-17-12)8-3-4-9(14)10(15)7-8/h3-4,7H,2,5-6,15H2,1H3. The Kier molecular flexibility index (Phi) is 2.74. The molecule has 1 aromatic carbocycles. The number of hydrogen-bond acceptors (Lipinski definition) is 5. The largest absolute Gasteiger partial charge is 0.396 e. The summed E-state index contributed by atoms with van der Waals surface area (Å²) in [5.41, 5.74) is 5.68. The van der Waals surface area contributed by atoms with Gasteiger partial charge in [-0.2, -0.15) is 4.98 Å². The molecule has 1 aliphatic rings. The summed E-state index contributed by atoms with van der Waals surface area (Å²) in [6, 6.07) is 4.31. The van der Waals surface area contributed by atoms with Gasteiger partial charge in [0.2, 0.25) is 5.82 Å². The fourth-order valence-electron chi connectivity index (χ4n) is 2.19. The third kappa shape index (κ3) is 2.08. The van der Waals surface area contributed by atoms with Crippen LogP contribution in [0, 0.1) is 5.82 Å². The average molecular weight is 263 g/mol. The van der Waals surface area contributed by atoms with Crippen LogP contribution in [0.2, 0.25) is 0 Å². The molecule has 1 aromatic heterocycles. The summed E-state index contributed by atoms with van der Waals surface area (Å²) in [4.78, 5) is 4.32. The monoisotopic (exact) mass is 263 g/mol. The van der Waals surface area contributed by atoms with Gasteiger partial charge < -0.3 is 15.0 Å². The van der Waals surface area contributed by atoms with Crippen molar-refractivity contribution in [2.45, 2.75) is 25.4 Å². The Bertz CT molecular complexity index is 606. The molecule has 5 nitrogen and oxygen atoms in total. The molecule has 0 amide bonds. The molecule has 1 atom stereocenters. The Morgan fingerprint density at radius 3 is 2.95 bits per heavy atom. The zero-order chi connectivity index (χ0) is 13.5. The van der Waals surface area contributed by atoms with E-state index < -0.39 is 11.4 Å². The predicted molar refractivity (Wildman–Crippen MR) is 66.6 cm³/mol. The van der Waals surface area contributed by atoms with Gasteiger partial charge >= 0.3 is 0 Å². The molecule has 100 valence electrons. The number of hydrogen-bond donors (Lipinski definition) is 1. The van der Waals surface area contributed by atoms with Gasteiger partial charge in [-0.05, 0) is 38.0 Å². The van der Waals surface area contributed by atoms with Crippen LogP contribution in [0.3, 0.4) is 0 Å². The molecular formula is C13H14FN3O2. The molecule has 19 heavy (non-hydrogen) atoms. The van der Waals surface area contributed by atoms with Crippen molar-refractivity contribution in [1.29, 1.82) is 0 Å². The van der Waals surface area contributed by atoms with Crippen LogP contribution < -0.4 is 5.73 Å². The molecule has 3 rings (SSSR count). The number of halogens is 1. The van der Waals surface area contributed by atoms with Crippen LogP contribution in [-0.4, -0.2) is 16.7 Å². The van der Waals surface area contributed by atoms with Crippen LogP contribution in [0.4, 0.5) is 10.1 Å². The van der Waals surface area contributed by atoms with E-state index in [1.165, 1.54) is 12.1 Å². The summed E-state index contributed by atoms with van der Waals surface area (Å²) in [7, 11) is 0. The summed E-state index contributed by atoms with van der Waals surface area (Å²) >= 11 is 0. The third-order valence-corrected chi connectivity index (χ3v) is 3.36. The summed E-state index contributed by atoms with van der Waals surface area (Å²) in [6.45, 7) is 2.64. The van der Waals surface area contributed by atoms with E-state index in [4.69, 9.17) is 15.0 Å². The van der Waals surface area contributed by atoms with Crippen molar-refractivity contribution in [2.24, 2.45) is 0 Å². The average Bonchev–Trinajstić information content (AvgIpc) is 3.02. The van der Waals surface area contributed by atoms with Crippen LogP contribution in [0.25, 0.3) is 11.5 Å². The second kappa shape index (κ2) is 4.31. The minimum atomic E-state index is -0.493. The minimum Gasteiger partial charge on any atom is -0.396 e. The summed E-state index contributed by atoms with van der Waals surface area (Å²) < 4.78 is 24.0. The lowest BCUT2D eigenvalue weighted by Crippen LogP contribution is -2.21. The van der Waals surface area contributed by atoms with Crippen molar-refractivity contribution in [1.82, 2.24) is 10.1 Å². The van der Waals surface area contributed by atoms with Crippen molar-refractivity contribution < 1.29 is 13.7 Å². The van der Waals surface area contributed by atoms with Crippen molar-refractivity contribution >= 4 is 5.69 Å². The molecular weight excluding hydrogens is 249 g/mol. The topological polar surface area (TPSA) is 74.2 Å². The van der Waals surface area contributed by atoms with E-state index in [9.17, 15) is 4.39 Å². The first-order chi connectivity index (χ1) is 9.08. The van der Waals surface area contributed by atoms with E-state index in [0.29, 0.717) is 23.9 Å². The lowest BCUT2D eigenvalue weighted by molar-refractivity contribution is 0.00768. The van der Waals surface area contributed by atoms with E-state index in [0.717, 1.165) is 12.8 Å². The van der Waals surface area contributed by atoms with Crippen molar-refractivity contribution in [3.63, 3.8) is 0 Å². The first kappa shape index (κ1) is 12.1. The van der Waals surface area contributed by atoms with Crippen LogP contribution in [0.1, 0.15) is 25.6 Å². The van der Waals surface area contributed by atoms with Crippen molar-refractivity contribution in [3.8, 4) is 11.5 Å². The minimum absolute atomic E-state index is 0.0561. The fourth-order valence-corrected chi connectivity index (χ4v) is 2.19. The second-order valence-corrected chi connectivity index (χ2v) is 4.84. The van der Waals surface area contributed by atoms with Gasteiger partial charge in [0.1, 0.15) is 11.4 Å². The Morgan fingerprint density at radius 1 is 1.42 bits per heavy atom. The fraction of sp³-hybridized carbons (Fsp3) is 0.385. The number of nitrogen functional groups attached to an aromatic ring is 1. The quantitative estimate of drug-likeness (QED) is 0.842. The number of nitrogens with zero attached hydrogens (tertiary/aromatic N) is 2. The summed E-state index contributed by atoms with van der Waals surface area (Å²) in [5, 5.41) is 3.95. The van der Waals surface area contributed by atoms with Crippen LogP contribution >= 0.6 is 0 Å².